The first-order valence-electron chi connectivity index (χ1n) is 5.90. The monoisotopic (exact) mass is 245 g/mol. The Labute approximate surface area is 106 Å². The first kappa shape index (κ1) is 12.4. The van der Waals surface area contributed by atoms with Gasteiger partial charge in [0.2, 0.25) is 0 Å². The second-order valence-electron chi connectivity index (χ2n) is 4.18. The van der Waals surface area contributed by atoms with Crippen molar-refractivity contribution in [3.63, 3.8) is 0 Å². The largest absolute Gasteiger partial charge is 0.494 e. The highest BCUT2D eigenvalue weighted by Crippen LogP contribution is 2.12. The molecule has 0 spiro atoms. The van der Waals surface area contributed by atoms with Crippen molar-refractivity contribution in [2.75, 3.05) is 13.2 Å². The first-order chi connectivity index (χ1) is 8.66. The summed E-state index contributed by atoms with van der Waals surface area (Å²) in [6, 6.07) is 7.77. The summed E-state index contributed by atoms with van der Waals surface area (Å²) >= 11 is 0. The van der Waals surface area contributed by atoms with Gasteiger partial charge in [-0.05, 0) is 31.0 Å². The number of carbonyl (C=O) groups excluding carboxylic acids is 2. The van der Waals surface area contributed by atoms with E-state index in [9.17, 15) is 9.59 Å². The zero-order chi connectivity index (χ0) is 13.0. The van der Waals surface area contributed by atoms with Crippen LogP contribution in [0.4, 0.5) is 0 Å². The average Bonchev–Trinajstić information content (AvgIpc) is 2.66. The zero-order valence-corrected chi connectivity index (χ0v) is 10.3. The Kier molecular flexibility index (Phi) is 3.77. The fourth-order valence-electron chi connectivity index (χ4n) is 1.77. The van der Waals surface area contributed by atoms with E-state index in [0.717, 1.165) is 11.3 Å². The van der Waals surface area contributed by atoms with Crippen LogP contribution < -0.4 is 4.74 Å². The van der Waals surface area contributed by atoms with Crippen LogP contribution in [-0.4, -0.2) is 29.9 Å². The van der Waals surface area contributed by atoms with E-state index in [2.05, 4.69) is 0 Å². The molecule has 0 unspecified atom stereocenters. The molecule has 1 heterocycles. The van der Waals surface area contributed by atoms with Crippen LogP contribution in [0.5, 0.6) is 5.75 Å². The molecule has 0 saturated carbocycles. The van der Waals surface area contributed by atoms with Crippen LogP contribution >= 0.6 is 0 Å². The molecule has 1 aromatic carbocycles. The van der Waals surface area contributed by atoms with Gasteiger partial charge in [-0.2, -0.15) is 0 Å². The molecule has 1 aliphatic heterocycles. The van der Waals surface area contributed by atoms with Gasteiger partial charge in [-0.1, -0.05) is 12.1 Å². The summed E-state index contributed by atoms with van der Waals surface area (Å²) in [4.78, 5) is 23.8. The molecule has 0 aliphatic carbocycles. The molecule has 2 rings (SSSR count). The van der Waals surface area contributed by atoms with Gasteiger partial charge in [0.05, 0.1) is 6.61 Å². The van der Waals surface area contributed by atoms with Crippen molar-refractivity contribution in [1.29, 1.82) is 0 Å². The maximum atomic E-state index is 11.3. The third kappa shape index (κ3) is 2.97. The zero-order valence-electron chi connectivity index (χ0n) is 10.3. The highest BCUT2D eigenvalue weighted by Gasteiger charge is 2.22. The predicted octanol–water partition coefficient (Wildman–Crippen LogP) is 1.69. The van der Waals surface area contributed by atoms with Crippen LogP contribution in [0.2, 0.25) is 0 Å². The van der Waals surface area contributed by atoms with Crippen LogP contribution in [0.3, 0.4) is 0 Å². The Morgan fingerprint density at radius 3 is 2.56 bits per heavy atom. The summed E-state index contributed by atoms with van der Waals surface area (Å²) in [5.74, 6) is 0.332. The number of rotatable bonds is 5. The van der Waals surface area contributed by atoms with Crippen LogP contribution in [-0.2, 0) is 9.59 Å². The van der Waals surface area contributed by atoms with Gasteiger partial charge in [0, 0.05) is 18.7 Å². The number of ether oxygens (including phenoxy) is 1. The second-order valence-corrected chi connectivity index (χ2v) is 4.18. The van der Waals surface area contributed by atoms with Gasteiger partial charge < -0.3 is 4.74 Å². The number of amides is 2. The van der Waals surface area contributed by atoms with Crippen molar-refractivity contribution in [3.05, 3.63) is 42.0 Å². The molecule has 0 atom stereocenters. The third-order valence-electron chi connectivity index (χ3n) is 2.68. The van der Waals surface area contributed by atoms with Crippen molar-refractivity contribution < 1.29 is 14.3 Å². The van der Waals surface area contributed by atoms with Crippen molar-refractivity contribution >= 4 is 11.8 Å². The van der Waals surface area contributed by atoms with Crippen molar-refractivity contribution in [3.8, 4) is 5.75 Å². The van der Waals surface area contributed by atoms with Gasteiger partial charge >= 0.3 is 0 Å². The van der Waals surface area contributed by atoms with Crippen LogP contribution in [0.15, 0.2) is 36.4 Å². The minimum absolute atomic E-state index is 0.240. The summed E-state index contributed by atoms with van der Waals surface area (Å²) < 4.78 is 5.55. The smallest absolute Gasteiger partial charge is 0.253 e. The quantitative estimate of drug-likeness (QED) is 0.586. The maximum Gasteiger partial charge on any atom is 0.253 e. The van der Waals surface area contributed by atoms with Gasteiger partial charge in [0.25, 0.3) is 11.8 Å². The normalized spacial score (nSPS) is 14.4. The highest BCUT2D eigenvalue weighted by atomic mass is 16.5. The molecule has 0 radical (unpaired) electrons. The Morgan fingerprint density at radius 1 is 1.17 bits per heavy atom. The Balaban J connectivity index is 1.73. The molecule has 4 heteroatoms. The molecule has 18 heavy (non-hydrogen) atoms. The van der Waals surface area contributed by atoms with E-state index in [4.69, 9.17) is 4.74 Å². The lowest BCUT2D eigenvalue weighted by Gasteiger charge is -2.13. The predicted molar refractivity (Wildman–Crippen MR) is 67.2 cm³/mol. The van der Waals surface area contributed by atoms with E-state index in [1.807, 2.05) is 31.2 Å². The fourth-order valence-corrected chi connectivity index (χ4v) is 1.77. The number of carbonyl (C=O) groups is 2. The van der Waals surface area contributed by atoms with Crippen molar-refractivity contribution in [2.45, 2.75) is 13.3 Å². The summed E-state index contributed by atoms with van der Waals surface area (Å²) in [5.41, 5.74) is 1.14. The van der Waals surface area contributed by atoms with Crippen molar-refractivity contribution in [2.24, 2.45) is 0 Å². The molecular formula is C14H15NO3. The third-order valence-corrected chi connectivity index (χ3v) is 2.68. The molecule has 1 aromatic rings. The molecule has 4 nitrogen and oxygen atoms in total. The topological polar surface area (TPSA) is 46.6 Å². The molecule has 0 fully saturated rings. The van der Waals surface area contributed by atoms with E-state index in [1.54, 1.807) is 0 Å². The molecule has 0 N–H and O–H groups in total. The average molecular weight is 245 g/mol. The summed E-state index contributed by atoms with van der Waals surface area (Å²) in [7, 11) is 0. The molecule has 94 valence electrons. The SMILES string of the molecule is Cc1cccc(OCCCN2C(=O)C=CC2=O)c1. The number of imide groups is 1. The van der Waals surface area contributed by atoms with E-state index in [0.29, 0.717) is 19.6 Å². The van der Waals surface area contributed by atoms with Gasteiger partial charge in [-0.15, -0.1) is 0 Å². The van der Waals surface area contributed by atoms with Gasteiger partial charge in [0.15, 0.2) is 0 Å². The van der Waals surface area contributed by atoms with E-state index < -0.39 is 0 Å². The summed E-state index contributed by atoms with van der Waals surface area (Å²) in [6.07, 6.45) is 3.22. The lowest BCUT2D eigenvalue weighted by molar-refractivity contribution is -0.136. The standard InChI is InChI=1S/C14H15NO3/c1-11-4-2-5-12(10-11)18-9-3-8-15-13(16)6-7-14(15)17/h2,4-7,10H,3,8-9H2,1H3. The Hall–Kier alpha value is -2.10. The van der Waals surface area contributed by atoms with Crippen LogP contribution in [0, 0.1) is 6.92 Å². The highest BCUT2D eigenvalue weighted by molar-refractivity contribution is 6.12. The van der Waals surface area contributed by atoms with E-state index >= 15 is 0 Å². The van der Waals surface area contributed by atoms with Crippen molar-refractivity contribution in [1.82, 2.24) is 4.90 Å². The van der Waals surface area contributed by atoms with Gasteiger partial charge in [0.1, 0.15) is 5.75 Å². The number of benzene rings is 1. The molecule has 0 bridgehead atoms. The second kappa shape index (κ2) is 5.49. The van der Waals surface area contributed by atoms with Crippen LogP contribution in [0.1, 0.15) is 12.0 Å². The summed E-state index contributed by atoms with van der Waals surface area (Å²) in [5, 5.41) is 0. The lowest BCUT2D eigenvalue weighted by atomic mass is 10.2. The molecule has 2 amide bonds. The molecule has 0 saturated heterocycles. The number of aryl methyl sites for hydroxylation is 1. The number of hydrogen-bond acceptors (Lipinski definition) is 3. The number of hydrogen-bond donors (Lipinski definition) is 0. The number of nitrogens with zero attached hydrogens (tertiary/aromatic N) is 1. The summed E-state index contributed by atoms with van der Waals surface area (Å²) in [6.45, 7) is 2.89. The molecular weight excluding hydrogens is 230 g/mol. The minimum atomic E-state index is -0.240. The molecule has 0 aromatic heterocycles. The van der Waals surface area contributed by atoms with Crippen LogP contribution in [0.25, 0.3) is 0 Å². The molecule has 1 aliphatic rings. The van der Waals surface area contributed by atoms with E-state index in [-0.39, 0.29) is 11.8 Å². The first-order valence-corrected chi connectivity index (χ1v) is 5.90. The van der Waals surface area contributed by atoms with E-state index in [1.165, 1.54) is 17.1 Å². The Morgan fingerprint density at radius 2 is 1.89 bits per heavy atom. The maximum absolute atomic E-state index is 11.3. The lowest BCUT2D eigenvalue weighted by Crippen LogP contribution is -2.31. The minimum Gasteiger partial charge on any atom is -0.494 e. The van der Waals surface area contributed by atoms with Gasteiger partial charge in [-0.3, -0.25) is 14.5 Å². The fraction of sp³-hybridized carbons (Fsp3) is 0.286. The Bertz CT molecular complexity index is 476. The van der Waals surface area contributed by atoms with Gasteiger partial charge in [-0.25, -0.2) is 0 Å².